The highest BCUT2D eigenvalue weighted by Gasteiger charge is 2.23. The SMILES string of the molecule is Cc1ccccc1OC(=O)Nc1ccc(C(C)(C)c2cccc(O)c2)cc1. The van der Waals surface area contributed by atoms with Crippen LogP contribution in [-0.4, -0.2) is 11.2 Å². The van der Waals surface area contributed by atoms with E-state index in [0.717, 1.165) is 16.7 Å². The molecule has 0 saturated carbocycles. The van der Waals surface area contributed by atoms with Crippen molar-refractivity contribution in [3.05, 3.63) is 89.5 Å². The number of rotatable bonds is 4. The maximum Gasteiger partial charge on any atom is 0.417 e. The van der Waals surface area contributed by atoms with Crippen LogP contribution in [0.1, 0.15) is 30.5 Å². The Kier molecular flexibility index (Phi) is 5.17. The smallest absolute Gasteiger partial charge is 0.417 e. The number of anilines is 1. The summed E-state index contributed by atoms with van der Waals surface area (Å²) in [7, 11) is 0. The van der Waals surface area contributed by atoms with Crippen LogP contribution in [0.25, 0.3) is 0 Å². The first-order chi connectivity index (χ1) is 12.9. The van der Waals surface area contributed by atoms with Crippen molar-refractivity contribution in [2.75, 3.05) is 5.32 Å². The summed E-state index contributed by atoms with van der Waals surface area (Å²) >= 11 is 0. The number of hydrogen-bond acceptors (Lipinski definition) is 3. The Balaban J connectivity index is 1.71. The van der Waals surface area contributed by atoms with Gasteiger partial charge in [0.2, 0.25) is 0 Å². The van der Waals surface area contributed by atoms with Crippen LogP contribution in [0, 0.1) is 6.92 Å². The zero-order chi connectivity index (χ0) is 19.4. The number of para-hydroxylation sites is 1. The Bertz CT molecular complexity index is 946. The average Bonchev–Trinajstić information content (AvgIpc) is 2.64. The van der Waals surface area contributed by atoms with Gasteiger partial charge in [0.25, 0.3) is 0 Å². The summed E-state index contributed by atoms with van der Waals surface area (Å²) < 4.78 is 5.35. The third-order valence-electron chi connectivity index (χ3n) is 4.72. The molecule has 0 bridgehead atoms. The summed E-state index contributed by atoms with van der Waals surface area (Å²) in [6, 6.07) is 22.3. The Morgan fingerprint density at radius 3 is 2.30 bits per heavy atom. The van der Waals surface area contributed by atoms with Gasteiger partial charge in [0.1, 0.15) is 11.5 Å². The van der Waals surface area contributed by atoms with Gasteiger partial charge in [-0.3, -0.25) is 5.32 Å². The van der Waals surface area contributed by atoms with Gasteiger partial charge in [-0.25, -0.2) is 4.79 Å². The molecule has 27 heavy (non-hydrogen) atoms. The van der Waals surface area contributed by atoms with Gasteiger partial charge in [0.05, 0.1) is 0 Å². The Morgan fingerprint density at radius 2 is 1.63 bits per heavy atom. The molecule has 4 heteroatoms. The molecule has 0 radical (unpaired) electrons. The summed E-state index contributed by atoms with van der Waals surface area (Å²) in [5.41, 5.74) is 3.37. The molecule has 138 valence electrons. The highest BCUT2D eigenvalue weighted by atomic mass is 16.6. The molecule has 2 N–H and O–H groups in total. The number of phenols is 1. The number of aromatic hydroxyl groups is 1. The Hall–Kier alpha value is -3.27. The van der Waals surface area contributed by atoms with Crippen molar-refractivity contribution < 1.29 is 14.6 Å². The standard InChI is InChI=1S/C23H23NO3/c1-16-7-4-5-10-21(16)27-22(26)24-19-13-11-17(12-14-19)23(2,3)18-8-6-9-20(25)15-18/h4-15,25H,1-3H3,(H,24,26). The molecule has 4 nitrogen and oxygen atoms in total. The molecule has 0 aliphatic heterocycles. The topological polar surface area (TPSA) is 58.6 Å². The molecule has 3 aromatic carbocycles. The average molecular weight is 361 g/mol. The maximum absolute atomic E-state index is 12.1. The summed E-state index contributed by atoms with van der Waals surface area (Å²) in [5.74, 6) is 0.787. The van der Waals surface area contributed by atoms with Gasteiger partial charge in [-0.15, -0.1) is 0 Å². The lowest BCUT2D eigenvalue weighted by Crippen LogP contribution is -2.19. The van der Waals surface area contributed by atoms with E-state index in [1.165, 1.54) is 0 Å². The lowest BCUT2D eigenvalue weighted by Gasteiger charge is -2.26. The number of ether oxygens (including phenoxy) is 1. The van der Waals surface area contributed by atoms with E-state index in [2.05, 4.69) is 19.2 Å². The van der Waals surface area contributed by atoms with E-state index in [-0.39, 0.29) is 11.2 Å². The molecule has 0 heterocycles. The summed E-state index contributed by atoms with van der Waals surface area (Å²) in [5, 5.41) is 12.5. The zero-order valence-electron chi connectivity index (χ0n) is 15.7. The van der Waals surface area contributed by atoms with Gasteiger partial charge in [-0.2, -0.15) is 0 Å². The third-order valence-corrected chi connectivity index (χ3v) is 4.72. The van der Waals surface area contributed by atoms with Crippen molar-refractivity contribution in [2.45, 2.75) is 26.2 Å². The number of carbonyl (C=O) groups excluding carboxylic acids is 1. The fraction of sp³-hybridized carbons (Fsp3) is 0.174. The van der Waals surface area contributed by atoms with Gasteiger partial charge in [0.15, 0.2) is 0 Å². The van der Waals surface area contributed by atoms with E-state index in [1.54, 1.807) is 18.2 Å². The van der Waals surface area contributed by atoms with E-state index in [4.69, 9.17) is 4.74 Å². The van der Waals surface area contributed by atoms with Gasteiger partial charge in [0, 0.05) is 11.1 Å². The molecule has 3 rings (SSSR count). The minimum absolute atomic E-state index is 0.248. The molecular formula is C23H23NO3. The van der Waals surface area contributed by atoms with Crippen molar-refractivity contribution in [1.29, 1.82) is 0 Å². The van der Waals surface area contributed by atoms with E-state index in [1.807, 2.05) is 61.5 Å². The molecule has 0 atom stereocenters. The summed E-state index contributed by atoms with van der Waals surface area (Å²) in [6.45, 7) is 6.08. The minimum Gasteiger partial charge on any atom is -0.508 e. The van der Waals surface area contributed by atoms with Crippen molar-refractivity contribution >= 4 is 11.8 Å². The molecule has 0 unspecified atom stereocenters. The Morgan fingerprint density at radius 1 is 0.926 bits per heavy atom. The fourth-order valence-electron chi connectivity index (χ4n) is 2.95. The van der Waals surface area contributed by atoms with E-state index in [9.17, 15) is 9.90 Å². The van der Waals surface area contributed by atoms with E-state index in [0.29, 0.717) is 11.4 Å². The molecule has 0 aliphatic rings. The van der Waals surface area contributed by atoms with Gasteiger partial charge in [-0.05, 0) is 53.9 Å². The third kappa shape index (κ3) is 4.29. The number of benzene rings is 3. The number of phenolic OH excluding ortho intramolecular Hbond substituents is 1. The first-order valence-electron chi connectivity index (χ1n) is 8.81. The predicted octanol–water partition coefficient (Wildman–Crippen LogP) is 5.64. The molecular weight excluding hydrogens is 338 g/mol. The molecule has 0 fully saturated rings. The molecule has 3 aromatic rings. The highest BCUT2D eigenvalue weighted by Crippen LogP contribution is 2.33. The fourth-order valence-corrected chi connectivity index (χ4v) is 2.95. The van der Waals surface area contributed by atoms with Crippen LogP contribution in [0.4, 0.5) is 10.5 Å². The number of carbonyl (C=O) groups is 1. The van der Waals surface area contributed by atoms with Crippen LogP contribution >= 0.6 is 0 Å². The van der Waals surface area contributed by atoms with Crippen molar-refractivity contribution in [3.8, 4) is 11.5 Å². The quantitative estimate of drug-likeness (QED) is 0.632. The number of nitrogens with one attached hydrogen (secondary N) is 1. The maximum atomic E-state index is 12.1. The van der Waals surface area contributed by atoms with Crippen LogP contribution in [0.5, 0.6) is 11.5 Å². The van der Waals surface area contributed by atoms with Crippen LogP contribution in [0.3, 0.4) is 0 Å². The molecule has 0 spiro atoms. The molecule has 0 aromatic heterocycles. The molecule has 0 saturated heterocycles. The predicted molar refractivity (Wildman–Crippen MR) is 108 cm³/mol. The highest BCUT2D eigenvalue weighted by molar-refractivity contribution is 5.86. The number of aryl methyl sites for hydroxylation is 1. The van der Waals surface area contributed by atoms with Crippen molar-refractivity contribution in [2.24, 2.45) is 0 Å². The second-order valence-electron chi connectivity index (χ2n) is 7.03. The lowest BCUT2D eigenvalue weighted by molar-refractivity contribution is 0.215. The van der Waals surface area contributed by atoms with Crippen LogP contribution in [0.15, 0.2) is 72.8 Å². The van der Waals surface area contributed by atoms with E-state index < -0.39 is 6.09 Å². The minimum atomic E-state index is -0.524. The van der Waals surface area contributed by atoms with Crippen LogP contribution in [-0.2, 0) is 5.41 Å². The summed E-state index contributed by atoms with van der Waals surface area (Å²) in [6.07, 6.45) is -0.524. The molecule has 0 aliphatic carbocycles. The Labute approximate surface area is 159 Å². The monoisotopic (exact) mass is 361 g/mol. The lowest BCUT2D eigenvalue weighted by atomic mass is 9.78. The first-order valence-corrected chi connectivity index (χ1v) is 8.81. The number of hydrogen-bond donors (Lipinski definition) is 2. The van der Waals surface area contributed by atoms with Crippen LogP contribution in [0.2, 0.25) is 0 Å². The summed E-state index contributed by atoms with van der Waals surface area (Å²) in [4.78, 5) is 12.1. The second-order valence-corrected chi connectivity index (χ2v) is 7.03. The zero-order valence-corrected chi connectivity index (χ0v) is 15.7. The largest absolute Gasteiger partial charge is 0.508 e. The normalized spacial score (nSPS) is 11.1. The van der Waals surface area contributed by atoms with E-state index >= 15 is 0 Å². The molecule has 1 amide bonds. The van der Waals surface area contributed by atoms with Crippen molar-refractivity contribution in [3.63, 3.8) is 0 Å². The number of amides is 1. The van der Waals surface area contributed by atoms with Crippen LogP contribution < -0.4 is 10.1 Å². The second kappa shape index (κ2) is 7.54. The van der Waals surface area contributed by atoms with Gasteiger partial charge < -0.3 is 9.84 Å². The van der Waals surface area contributed by atoms with Crippen molar-refractivity contribution in [1.82, 2.24) is 0 Å². The van der Waals surface area contributed by atoms with Gasteiger partial charge >= 0.3 is 6.09 Å². The van der Waals surface area contributed by atoms with Gasteiger partial charge in [-0.1, -0.05) is 56.3 Å². The first kappa shape index (κ1) is 18.5.